The van der Waals surface area contributed by atoms with Crippen LogP contribution in [0.15, 0.2) is 23.9 Å². The first-order chi connectivity index (χ1) is 8.29. The number of carbonyl (C=O) groups excluding carboxylic acids is 1. The Morgan fingerprint density at radius 1 is 1.56 bits per heavy atom. The van der Waals surface area contributed by atoms with Crippen LogP contribution in [0.4, 0.5) is 0 Å². The Labute approximate surface area is 116 Å². The third kappa shape index (κ3) is 3.83. The molecule has 1 aliphatic heterocycles. The SMILES string of the molecule is COC(=O)C1(Br)NC=CC=C1CNOC(C)(C)C. The van der Waals surface area contributed by atoms with Crippen molar-refractivity contribution in [3.63, 3.8) is 0 Å². The molecule has 2 N–H and O–H groups in total. The van der Waals surface area contributed by atoms with E-state index < -0.39 is 10.4 Å². The Balaban J connectivity index is 2.69. The molecule has 0 aromatic carbocycles. The zero-order chi connectivity index (χ0) is 13.8. The highest BCUT2D eigenvalue weighted by Gasteiger charge is 2.40. The smallest absolute Gasteiger partial charge is 0.347 e. The fourth-order valence-electron chi connectivity index (χ4n) is 1.38. The number of hydrogen-bond donors (Lipinski definition) is 2. The van der Waals surface area contributed by atoms with Crippen molar-refractivity contribution in [1.29, 1.82) is 0 Å². The lowest BCUT2D eigenvalue weighted by Gasteiger charge is -2.31. The van der Waals surface area contributed by atoms with Crippen LogP contribution in [0.2, 0.25) is 0 Å². The number of allylic oxidation sites excluding steroid dienone is 2. The second kappa shape index (κ2) is 5.86. The molecule has 1 unspecified atom stereocenters. The van der Waals surface area contributed by atoms with Gasteiger partial charge in [0.05, 0.1) is 12.7 Å². The van der Waals surface area contributed by atoms with E-state index in [0.717, 1.165) is 5.57 Å². The van der Waals surface area contributed by atoms with Crippen molar-refractivity contribution in [1.82, 2.24) is 10.8 Å². The molecule has 0 saturated heterocycles. The van der Waals surface area contributed by atoms with Crippen LogP contribution in [-0.4, -0.2) is 29.7 Å². The standard InChI is InChI=1S/C12H19BrN2O3/c1-11(2,3)18-15-8-9-6-5-7-14-12(9,13)10(16)17-4/h5-7,14-15H,8H2,1-4H3. The number of rotatable bonds is 4. The molecule has 0 aromatic heterocycles. The zero-order valence-corrected chi connectivity index (χ0v) is 12.6. The number of halogens is 1. The summed E-state index contributed by atoms with van der Waals surface area (Å²) in [4.78, 5) is 17.2. The van der Waals surface area contributed by atoms with Crippen LogP contribution in [0, 0.1) is 0 Å². The topological polar surface area (TPSA) is 59.6 Å². The molecule has 102 valence electrons. The molecule has 18 heavy (non-hydrogen) atoms. The maximum Gasteiger partial charge on any atom is 0.347 e. The third-order valence-electron chi connectivity index (χ3n) is 2.23. The fourth-order valence-corrected chi connectivity index (χ4v) is 1.94. The van der Waals surface area contributed by atoms with Crippen LogP contribution in [0.5, 0.6) is 0 Å². The molecular weight excluding hydrogens is 300 g/mol. The van der Waals surface area contributed by atoms with E-state index in [0.29, 0.717) is 6.54 Å². The van der Waals surface area contributed by atoms with Crippen molar-refractivity contribution >= 4 is 21.9 Å². The Kier molecular flexibility index (Phi) is 4.95. The van der Waals surface area contributed by atoms with Gasteiger partial charge < -0.3 is 10.1 Å². The van der Waals surface area contributed by atoms with Gasteiger partial charge in [-0.1, -0.05) is 6.08 Å². The number of methoxy groups -OCH3 is 1. The van der Waals surface area contributed by atoms with Gasteiger partial charge in [-0.3, -0.25) is 4.84 Å². The summed E-state index contributed by atoms with van der Waals surface area (Å²) in [5.74, 6) is -0.407. The van der Waals surface area contributed by atoms with Gasteiger partial charge in [0.25, 0.3) is 0 Å². The highest BCUT2D eigenvalue weighted by atomic mass is 79.9. The van der Waals surface area contributed by atoms with Crippen LogP contribution in [0.1, 0.15) is 20.8 Å². The Hall–Kier alpha value is -0.850. The van der Waals surface area contributed by atoms with Gasteiger partial charge in [0.2, 0.25) is 4.45 Å². The predicted octanol–water partition coefficient (Wildman–Crippen LogP) is 1.61. The summed E-state index contributed by atoms with van der Waals surface area (Å²) in [5, 5.41) is 2.94. The van der Waals surface area contributed by atoms with Crippen LogP contribution >= 0.6 is 15.9 Å². The third-order valence-corrected chi connectivity index (χ3v) is 3.29. The highest BCUT2D eigenvalue weighted by Crippen LogP contribution is 2.28. The molecule has 5 nitrogen and oxygen atoms in total. The Morgan fingerprint density at radius 3 is 2.78 bits per heavy atom. The number of nitrogens with one attached hydrogen (secondary N) is 2. The summed E-state index contributed by atoms with van der Waals surface area (Å²) in [6.45, 7) is 6.22. The first-order valence-corrected chi connectivity index (χ1v) is 6.41. The summed E-state index contributed by atoms with van der Waals surface area (Å²) in [5.41, 5.74) is 3.34. The lowest BCUT2D eigenvalue weighted by atomic mass is 10.0. The predicted molar refractivity (Wildman–Crippen MR) is 72.9 cm³/mol. The molecule has 0 aromatic rings. The first kappa shape index (κ1) is 15.2. The van der Waals surface area contributed by atoms with Crippen LogP contribution < -0.4 is 10.8 Å². The van der Waals surface area contributed by atoms with E-state index >= 15 is 0 Å². The van der Waals surface area contributed by atoms with Crippen molar-refractivity contribution in [3.05, 3.63) is 23.9 Å². The van der Waals surface area contributed by atoms with Gasteiger partial charge in [0.1, 0.15) is 0 Å². The minimum atomic E-state index is -1.04. The molecule has 6 heteroatoms. The summed E-state index contributed by atoms with van der Waals surface area (Å²) in [6.07, 6.45) is 5.33. The molecule has 1 aliphatic rings. The van der Waals surface area contributed by atoms with Crippen molar-refractivity contribution in [2.45, 2.75) is 30.8 Å². The van der Waals surface area contributed by atoms with Crippen LogP contribution in [0.3, 0.4) is 0 Å². The van der Waals surface area contributed by atoms with Crippen molar-refractivity contribution in [3.8, 4) is 0 Å². The molecule has 0 radical (unpaired) electrons. The Bertz CT molecular complexity index is 374. The average molecular weight is 319 g/mol. The molecule has 0 aliphatic carbocycles. The van der Waals surface area contributed by atoms with Crippen LogP contribution in [-0.2, 0) is 14.4 Å². The summed E-state index contributed by atoms with van der Waals surface area (Å²) in [6, 6.07) is 0. The molecule has 1 rings (SSSR count). The minimum absolute atomic E-state index is 0.293. The van der Waals surface area contributed by atoms with E-state index in [2.05, 4.69) is 26.7 Å². The number of dihydropyridines is 1. The summed E-state index contributed by atoms with van der Waals surface area (Å²) >= 11 is 3.37. The number of hydroxylamine groups is 1. The van der Waals surface area contributed by atoms with Gasteiger partial charge >= 0.3 is 5.97 Å². The number of alkyl halides is 1. The zero-order valence-electron chi connectivity index (χ0n) is 11.0. The van der Waals surface area contributed by atoms with Gasteiger partial charge in [0, 0.05) is 6.54 Å². The highest BCUT2D eigenvalue weighted by molar-refractivity contribution is 9.10. The number of ether oxygens (including phenoxy) is 1. The normalized spacial score (nSPS) is 23.3. The second-order valence-electron chi connectivity index (χ2n) is 4.88. The molecule has 1 atom stereocenters. The maximum absolute atomic E-state index is 11.8. The monoisotopic (exact) mass is 318 g/mol. The van der Waals surface area contributed by atoms with Crippen molar-refractivity contribution < 1.29 is 14.4 Å². The van der Waals surface area contributed by atoms with E-state index in [-0.39, 0.29) is 5.60 Å². The van der Waals surface area contributed by atoms with E-state index in [4.69, 9.17) is 9.57 Å². The van der Waals surface area contributed by atoms with Gasteiger partial charge in [-0.15, -0.1) is 0 Å². The average Bonchev–Trinajstić information content (AvgIpc) is 2.29. The molecule has 0 amide bonds. The van der Waals surface area contributed by atoms with Gasteiger partial charge in [-0.25, -0.2) is 4.79 Å². The van der Waals surface area contributed by atoms with Gasteiger partial charge in [0.15, 0.2) is 0 Å². The molecule has 0 spiro atoms. The van der Waals surface area contributed by atoms with Crippen molar-refractivity contribution in [2.24, 2.45) is 0 Å². The van der Waals surface area contributed by atoms with E-state index in [9.17, 15) is 4.79 Å². The maximum atomic E-state index is 11.8. The molecule has 0 saturated carbocycles. The lowest BCUT2D eigenvalue weighted by molar-refractivity contribution is -0.143. The molecule has 1 heterocycles. The Morgan fingerprint density at radius 2 is 2.22 bits per heavy atom. The van der Waals surface area contributed by atoms with Gasteiger partial charge in [-0.05, 0) is 54.6 Å². The largest absolute Gasteiger partial charge is 0.466 e. The number of hydrogen-bond acceptors (Lipinski definition) is 5. The molecule has 0 fully saturated rings. The lowest BCUT2D eigenvalue weighted by Crippen LogP contribution is -2.50. The van der Waals surface area contributed by atoms with Crippen molar-refractivity contribution in [2.75, 3.05) is 13.7 Å². The number of esters is 1. The van der Waals surface area contributed by atoms with Crippen LogP contribution in [0.25, 0.3) is 0 Å². The minimum Gasteiger partial charge on any atom is -0.466 e. The number of carbonyl (C=O) groups is 1. The van der Waals surface area contributed by atoms with E-state index in [1.807, 2.05) is 32.9 Å². The van der Waals surface area contributed by atoms with Gasteiger partial charge in [-0.2, -0.15) is 5.48 Å². The first-order valence-electron chi connectivity index (χ1n) is 5.61. The fraction of sp³-hybridized carbons (Fsp3) is 0.583. The summed E-state index contributed by atoms with van der Waals surface area (Å²) in [7, 11) is 1.35. The molecule has 0 bridgehead atoms. The second-order valence-corrected chi connectivity index (χ2v) is 6.07. The van der Waals surface area contributed by atoms with E-state index in [1.54, 1.807) is 6.20 Å². The van der Waals surface area contributed by atoms with E-state index in [1.165, 1.54) is 7.11 Å². The summed E-state index contributed by atoms with van der Waals surface area (Å²) < 4.78 is 3.74. The quantitative estimate of drug-likeness (QED) is 0.357. The molecular formula is C12H19BrN2O3.